The van der Waals surface area contributed by atoms with E-state index >= 15 is 0 Å². The average Bonchev–Trinajstić information content (AvgIpc) is 3.14. The summed E-state index contributed by atoms with van der Waals surface area (Å²) < 4.78 is 13.0. The third kappa shape index (κ3) is 3.12. The second-order valence-corrected chi connectivity index (χ2v) is 6.22. The largest absolute Gasteiger partial charge is 0.341 e. The van der Waals surface area contributed by atoms with E-state index in [0.717, 1.165) is 30.8 Å². The van der Waals surface area contributed by atoms with Gasteiger partial charge in [0.25, 0.3) is 5.91 Å². The van der Waals surface area contributed by atoms with Crippen LogP contribution in [0.1, 0.15) is 22.6 Å². The maximum Gasteiger partial charge on any atom is 0.274 e. The van der Waals surface area contributed by atoms with Crippen LogP contribution in [0.15, 0.2) is 24.3 Å². The first-order valence-corrected chi connectivity index (χ1v) is 7.74. The molecule has 122 valence electrons. The molecule has 1 atom stereocenters. The number of aromatic nitrogens is 2. The van der Waals surface area contributed by atoms with Gasteiger partial charge in [0.1, 0.15) is 17.3 Å². The van der Waals surface area contributed by atoms with Gasteiger partial charge in [-0.15, -0.1) is 0 Å². The van der Waals surface area contributed by atoms with Crippen molar-refractivity contribution in [3.8, 4) is 11.4 Å². The van der Waals surface area contributed by atoms with E-state index in [9.17, 15) is 9.18 Å². The van der Waals surface area contributed by atoms with E-state index in [4.69, 9.17) is 0 Å². The van der Waals surface area contributed by atoms with Crippen molar-refractivity contribution in [2.75, 3.05) is 27.2 Å². The molecule has 1 aliphatic heterocycles. The summed E-state index contributed by atoms with van der Waals surface area (Å²) in [6.07, 6.45) is 0.979. The fourth-order valence-corrected chi connectivity index (χ4v) is 2.91. The van der Waals surface area contributed by atoms with Crippen LogP contribution in [0, 0.1) is 12.7 Å². The minimum absolute atomic E-state index is 0.0449. The molecule has 1 N–H and O–H groups in total. The van der Waals surface area contributed by atoms with E-state index in [0.29, 0.717) is 17.6 Å². The highest BCUT2D eigenvalue weighted by molar-refractivity contribution is 5.94. The van der Waals surface area contributed by atoms with Gasteiger partial charge < -0.3 is 14.8 Å². The Hall–Kier alpha value is -2.21. The van der Waals surface area contributed by atoms with E-state index in [1.165, 1.54) is 12.1 Å². The fourth-order valence-electron chi connectivity index (χ4n) is 2.91. The van der Waals surface area contributed by atoms with E-state index in [2.05, 4.69) is 14.9 Å². The van der Waals surface area contributed by atoms with Crippen molar-refractivity contribution in [2.45, 2.75) is 19.4 Å². The van der Waals surface area contributed by atoms with Gasteiger partial charge in [-0.1, -0.05) is 0 Å². The Morgan fingerprint density at radius 3 is 2.65 bits per heavy atom. The molecule has 23 heavy (non-hydrogen) atoms. The van der Waals surface area contributed by atoms with Gasteiger partial charge in [-0.05, 0) is 51.7 Å². The third-order valence-corrected chi connectivity index (χ3v) is 4.39. The molecule has 5 nitrogen and oxygen atoms in total. The standard InChI is InChI=1S/C17H21FN4O/c1-11-15(17(23)22-9-8-14(10-22)21(2)3)20-16(19-11)12-4-6-13(18)7-5-12/h4-7,14H,8-10H2,1-3H3,(H,19,20). The highest BCUT2D eigenvalue weighted by atomic mass is 19.1. The molecule has 0 bridgehead atoms. The summed E-state index contributed by atoms with van der Waals surface area (Å²) in [5.41, 5.74) is 1.95. The van der Waals surface area contributed by atoms with Gasteiger partial charge >= 0.3 is 0 Å². The van der Waals surface area contributed by atoms with Crippen LogP contribution < -0.4 is 0 Å². The molecule has 3 rings (SSSR count). The van der Waals surface area contributed by atoms with E-state index in [1.807, 2.05) is 25.9 Å². The number of H-pyrrole nitrogens is 1. The smallest absolute Gasteiger partial charge is 0.274 e. The monoisotopic (exact) mass is 316 g/mol. The SMILES string of the molecule is Cc1[nH]c(-c2ccc(F)cc2)nc1C(=O)N1CCC(N(C)C)C1. The molecule has 2 aromatic rings. The van der Waals surface area contributed by atoms with Crippen molar-refractivity contribution >= 4 is 5.91 Å². The number of likely N-dealkylation sites (N-methyl/N-ethyl adjacent to an activating group) is 1. The molecule has 0 spiro atoms. The summed E-state index contributed by atoms with van der Waals surface area (Å²) in [5, 5.41) is 0. The topological polar surface area (TPSA) is 52.2 Å². The number of nitrogens with zero attached hydrogens (tertiary/aromatic N) is 3. The number of amides is 1. The second kappa shape index (κ2) is 6.12. The lowest BCUT2D eigenvalue weighted by Gasteiger charge is -2.20. The number of carbonyl (C=O) groups excluding carboxylic acids is 1. The summed E-state index contributed by atoms with van der Waals surface area (Å²) in [6, 6.07) is 6.47. The van der Waals surface area contributed by atoms with Crippen molar-refractivity contribution in [3.05, 3.63) is 41.5 Å². The van der Waals surface area contributed by atoms with Crippen molar-refractivity contribution in [1.29, 1.82) is 0 Å². The Morgan fingerprint density at radius 2 is 2.04 bits per heavy atom. The maximum atomic E-state index is 13.0. The third-order valence-electron chi connectivity index (χ3n) is 4.39. The molecule has 1 saturated heterocycles. The zero-order valence-corrected chi connectivity index (χ0v) is 13.6. The van der Waals surface area contributed by atoms with Gasteiger partial charge in [-0.3, -0.25) is 4.79 Å². The highest BCUT2D eigenvalue weighted by Crippen LogP contribution is 2.21. The predicted molar refractivity (Wildman–Crippen MR) is 86.7 cm³/mol. The van der Waals surface area contributed by atoms with Crippen LogP contribution in [-0.4, -0.2) is 58.9 Å². The molecule has 1 aromatic heterocycles. The Balaban J connectivity index is 1.81. The van der Waals surface area contributed by atoms with Crippen molar-refractivity contribution in [2.24, 2.45) is 0 Å². The quantitative estimate of drug-likeness (QED) is 0.945. The van der Waals surface area contributed by atoms with Crippen LogP contribution in [-0.2, 0) is 0 Å². The van der Waals surface area contributed by atoms with Crippen LogP contribution in [0.5, 0.6) is 0 Å². The zero-order chi connectivity index (χ0) is 16.6. The minimum atomic E-state index is -0.292. The first-order valence-electron chi connectivity index (χ1n) is 7.74. The van der Waals surface area contributed by atoms with Crippen molar-refractivity contribution in [3.63, 3.8) is 0 Å². The number of hydrogen-bond donors (Lipinski definition) is 1. The van der Waals surface area contributed by atoms with Crippen LogP contribution in [0.4, 0.5) is 4.39 Å². The second-order valence-electron chi connectivity index (χ2n) is 6.22. The molecule has 1 amide bonds. The Morgan fingerprint density at radius 1 is 1.35 bits per heavy atom. The van der Waals surface area contributed by atoms with Gasteiger partial charge in [0.05, 0.1) is 0 Å². The summed E-state index contributed by atoms with van der Waals surface area (Å²) >= 11 is 0. The number of benzene rings is 1. The summed E-state index contributed by atoms with van der Waals surface area (Å²) in [5.74, 6) is 0.255. The number of likely N-dealkylation sites (tertiary alicyclic amines) is 1. The predicted octanol–water partition coefficient (Wildman–Crippen LogP) is 2.30. The molecule has 1 aromatic carbocycles. The lowest BCUT2D eigenvalue weighted by Crippen LogP contribution is -2.34. The van der Waals surface area contributed by atoms with E-state index in [1.54, 1.807) is 12.1 Å². The van der Waals surface area contributed by atoms with E-state index in [-0.39, 0.29) is 11.7 Å². The highest BCUT2D eigenvalue weighted by Gasteiger charge is 2.30. The van der Waals surface area contributed by atoms with Gasteiger partial charge in [0.15, 0.2) is 0 Å². The minimum Gasteiger partial charge on any atom is -0.341 e. The molecular weight excluding hydrogens is 295 g/mol. The number of nitrogens with one attached hydrogen (secondary N) is 1. The molecule has 0 aliphatic carbocycles. The summed E-state index contributed by atoms with van der Waals surface area (Å²) in [6.45, 7) is 3.32. The molecule has 6 heteroatoms. The van der Waals surface area contributed by atoms with Crippen LogP contribution in [0.3, 0.4) is 0 Å². The normalized spacial score (nSPS) is 18.0. The molecule has 0 radical (unpaired) electrons. The zero-order valence-electron chi connectivity index (χ0n) is 13.6. The van der Waals surface area contributed by atoms with E-state index < -0.39 is 0 Å². The average molecular weight is 316 g/mol. The number of aryl methyl sites for hydroxylation is 1. The number of hydrogen-bond acceptors (Lipinski definition) is 3. The first-order chi connectivity index (χ1) is 11.0. The Kier molecular flexibility index (Phi) is 4.17. The lowest BCUT2D eigenvalue weighted by molar-refractivity contribution is 0.0777. The van der Waals surface area contributed by atoms with Gasteiger partial charge in [-0.25, -0.2) is 9.37 Å². The number of rotatable bonds is 3. The Labute approximate surface area is 135 Å². The molecule has 1 aliphatic rings. The fraction of sp³-hybridized carbons (Fsp3) is 0.412. The molecule has 1 unspecified atom stereocenters. The molecule has 1 fully saturated rings. The lowest BCUT2D eigenvalue weighted by atomic mass is 10.2. The number of aromatic amines is 1. The molecule has 0 saturated carbocycles. The maximum absolute atomic E-state index is 13.0. The Bertz CT molecular complexity index is 708. The van der Waals surface area contributed by atoms with Gasteiger partial charge in [0, 0.05) is 30.4 Å². The molecular formula is C17H21FN4O. The van der Waals surface area contributed by atoms with Crippen LogP contribution >= 0.6 is 0 Å². The van der Waals surface area contributed by atoms with Gasteiger partial charge in [-0.2, -0.15) is 0 Å². The summed E-state index contributed by atoms with van der Waals surface area (Å²) in [7, 11) is 4.07. The van der Waals surface area contributed by atoms with Crippen molar-refractivity contribution in [1.82, 2.24) is 19.8 Å². The number of halogens is 1. The number of imidazole rings is 1. The summed E-state index contributed by atoms with van der Waals surface area (Å²) in [4.78, 5) is 24.3. The van der Waals surface area contributed by atoms with Crippen LogP contribution in [0.2, 0.25) is 0 Å². The van der Waals surface area contributed by atoms with Gasteiger partial charge in [0.2, 0.25) is 0 Å². The van der Waals surface area contributed by atoms with Crippen LogP contribution in [0.25, 0.3) is 11.4 Å². The molecule has 2 heterocycles. The van der Waals surface area contributed by atoms with Crippen molar-refractivity contribution < 1.29 is 9.18 Å². The number of carbonyl (C=O) groups is 1. The first kappa shape index (κ1) is 15.7.